The number of hydrogen-bond donors (Lipinski definition) is 1. The van der Waals surface area contributed by atoms with Gasteiger partial charge in [-0.1, -0.05) is 51.9 Å². The van der Waals surface area contributed by atoms with Crippen LogP contribution in [-0.2, 0) is 9.47 Å². The van der Waals surface area contributed by atoms with Gasteiger partial charge in [0.15, 0.2) is 6.10 Å². The Labute approximate surface area is 116 Å². The third-order valence-electron chi connectivity index (χ3n) is 3.05. The first kappa shape index (κ1) is 17.8. The van der Waals surface area contributed by atoms with E-state index in [0.717, 1.165) is 25.7 Å². The van der Waals surface area contributed by atoms with Crippen LogP contribution in [0.4, 0.5) is 4.79 Å². The first-order valence-electron chi connectivity index (χ1n) is 6.98. The molecule has 0 radical (unpaired) electrons. The number of unbranched alkanes of at least 4 members (excludes halogenated alkanes) is 2. The Balaban J connectivity index is 4.47. The molecule has 0 saturated carbocycles. The zero-order valence-corrected chi connectivity index (χ0v) is 12.4. The summed E-state index contributed by atoms with van der Waals surface area (Å²) < 4.78 is 9.54. The molecule has 2 unspecified atom stereocenters. The van der Waals surface area contributed by atoms with Crippen molar-refractivity contribution in [2.75, 3.05) is 7.11 Å². The zero-order chi connectivity index (χ0) is 14.7. The fraction of sp³-hybridized carbons (Fsp3) is 0.800. The van der Waals surface area contributed by atoms with Gasteiger partial charge in [-0.2, -0.15) is 0 Å². The van der Waals surface area contributed by atoms with Gasteiger partial charge in [0.1, 0.15) is 6.10 Å². The van der Waals surface area contributed by atoms with Gasteiger partial charge < -0.3 is 14.6 Å². The average molecular weight is 270 g/mol. The van der Waals surface area contributed by atoms with Crippen LogP contribution in [-0.4, -0.2) is 30.6 Å². The number of methoxy groups -OCH3 is 1. The lowest BCUT2D eigenvalue weighted by molar-refractivity contribution is 0.0519. The summed E-state index contributed by atoms with van der Waals surface area (Å²) in [6, 6.07) is 0. The van der Waals surface area contributed by atoms with Gasteiger partial charge in [0.2, 0.25) is 0 Å². The van der Waals surface area contributed by atoms with E-state index in [9.17, 15) is 9.90 Å². The Kier molecular flexibility index (Phi) is 10.0. The zero-order valence-electron chi connectivity index (χ0n) is 12.4. The quantitative estimate of drug-likeness (QED) is 0.439. The summed E-state index contributed by atoms with van der Waals surface area (Å²) in [6.07, 6.45) is 2.71. The van der Waals surface area contributed by atoms with E-state index in [-0.39, 0.29) is 5.92 Å². The molecule has 0 aromatic rings. The molecule has 4 nitrogen and oxygen atoms in total. The maximum atomic E-state index is 11.1. The van der Waals surface area contributed by atoms with Crippen LogP contribution in [0.5, 0.6) is 0 Å². The molecule has 0 bridgehead atoms. The van der Waals surface area contributed by atoms with E-state index in [1.807, 2.05) is 13.8 Å². The summed E-state index contributed by atoms with van der Waals surface area (Å²) in [7, 11) is 1.27. The number of ether oxygens (including phenoxy) is 2. The maximum absolute atomic E-state index is 11.1. The minimum atomic E-state index is -0.728. The van der Waals surface area contributed by atoms with Gasteiger partial charge >= 0.3 is 6.16 Å². The van der Waals surface area contributed by atoms with E-state index in [0.29, 0.717) is 6.42 Å². The highest BCUT2D eigenvalue weighted by Crippen LogP contribution is 2.09. The predicted octanol–water partition coefficient (Wildman–Crippen LogP) is 3.13. The fourth-order valence-electron chi connectivity index (χ4n) is 1.45. The van der Waals surface area contributed by atoms with Crippen molar-refractivity contribution >= 4 is 6.16 Å². The molecule has 0 fully saturated rings. The second kappa shape index (κ2) is 10.7. The van der Waals surface area contributed by atoms with Crippen molar-refractivity contribution < 1.29 is 19.4 Å². The molecule has 0 aliphatic rings. The molecule has 110 valence electrons. The van der Waals surface area contributed by atoms with E-state index < -0.39 is 18.4 Å². The minimum Gasteiger partial charge on any atom is -0.438 e. The van der Waals surface area contributed by atoms with Gasteiger partial charge in [-0.15, -0.1) is 0 Å². The first-order chi connectivity index (χ1) is 9.04. The lowest BCUT2D eigenvalue weighted by Gasteiger charge is -2.13. The summed E-state index contributed by atoms with van der Waals surface area (Å²) in [5.74, 6) is 5.71. The van der Waals surface area contributed by atoms with Gasteiger partial charge in [0, 0.05) is 0 Å². The smallest absolute Gasteiger partial charge is 0.438 e. The maximum Gasteiger partial charge on any atom is 0.509 e. The van der Waals surface area contributed by atoms with Crippen LogP contribution in [0, 0.1) is 17.8 Å². The summed E-state index contributed by atoms with van der Waals surface area (Å²) in [5.41, 5.74) is 0. The summed E-state index contributed by atoms with van der Waals surface area (Å²) >= 11 is 0. The molecule has 4 heteroatoms. The van der Waals surface area contributed by atoms with Crippen LogP contribution in [0.2, 0.25) is 0 Å². The molecule has 0 heterocycles. The Morgan fingerprint density at radius 3 is 2.47 bits per heavy atom. The molecule has 3 atom stereocenters. The second-order valence-corrected chi connectivity index (χ2v) is 4.68. The SMILES string of the molecule is CCCCC[C@@H](C#CC(O)C(C)CC)OC(=O)OC. The molecule has 19 heavy (non-hydrogen) atoms. The summed E-state index contributed by atoms with van der Waals surface area (Å²) in [6.45, 7) is 6.04. The highest BCUT2D eigenvalue weighted by molar-refractivity contribution is 5.60. The van der Waals surface area contributed by atoms with Crippen LogP contribution in [0.3, 0.4) is 0 Å². The van der Waals surface area contributed by atoms with E-state index in [4.69, 9.17) is 4.74 Å². The molecule has 0 aliphatic carbocycles. The van der Waals surface area contributed by atoms with Crippen LogP contribution >= 0.6 is 0 Å². The van der Waals surface area contributed by atoms with Crippen molar-refractivity contribution in [3.63, 3.8) is 0 Å². The number of aliphatic hydroxyl groups is 1. The largest absolute Gasteiger partial charge is 0.509 e. The van der Waals surface area contributed by atoms with E-state index in [2.05, 4.69) is 23.5 Å². The van der Waals surface area contributed by atoms with Crippen LogP contribution < -0.4 is 0 Å². The molecular formula is C15H26O4. The molecule has 0 spiro atoms. The lowest BCUT2D eigenvalue weighted by atomic mass is 10.0. The van der Waals surface area contributed by atoms with Crippen LogP contribution in [0.25, 0.3) is 0 Å². The predicted molar refractivity (Wildman–Crippen MR) is 74.7 cm³/mol. The summed E-state index contributed by atoms with van der Waals surface area (Å²) in [4.78, 5) is 11.1. The molecule has 0 aromatic heterocycles. The van der Waals surface area contributed by atoms with E-state index in [1.54, 1.807) is 0 Å². The highest BCUT2D eigenvalue weighted by atomic mass is 16.7. The van der Waals surface area contributed by atoms with Crippen molar-refractivity contribution in [1.82, 2.24) is 0 Å². The van der Waals surface area contributed by atoms with Gasteiger partial charge in [0.25, 0.3) is 0 Å². The lowest BCUT2D eigenvalue weighted by Crippen LogP contribution is -2.19. The van der Waals surface area contributed by atoms with Gasteiger partial charge in [-0.3, -0.25) is 0 Å². The van der Waals surface area contributed by atoms with E-state index >= 15 is 0 Å². The normalized spacial score (nSPS) is 14.8. The monoisotopic (exact) mass is 270 g/mol. The molecular weight excluding hydrogens is 244 g/mol. The minimum absolute atomic E-state index is 0.113. The van der Waals surface area contributed by atoms with Crippen LogP contribution in [0.15, 0.2) is 0 Å². The number of aliphatic hydroxyl groups excluding tert-OH is 1. The van der Waals surface area contributed by atoms with E-state index in [1.165, 1.54) is 7.11 Å². The third-order valence-corrected chi connectivity index (χ3v) is 3.05. The molecule has 0 amide bonds. The highest BCUT2D eigenvalue weighted by Gasteiger charge is 2.13. The molecule has 0 aliphatic heterocycles. The van der Waals surface area contributed by atoms with Gasteiger partial charge in [-0.05, 0) is 18.8 Å². The average Bonchev–Trinajstić information content (AvgIpc) is 2.43. The number of hydrogen-bond acceptors (Lipinski definition) is 4. The van der Waals surface area contributed by atoms with Crippen molar-refractivity contribution in [3.05, 3.63) is 0 Å². The number of carbonyl (C=O) groups is 1. The molecule has 0 saturated heterocycles. The Hall–Kier alpha value is -1.21. The number of rotatable bonds is 7. The first-order valence-corrected chi connectivity index (χ1v) is 6.98. The topological polar surface area (TPSA) is 55.8 Å². The van der Waals surface area contributed by atoms with Crippen molar-refractivity contribution in [3.8, 4) is 11.8 Å². The molecule has 0 aromatic carbocycles. The third kappa shape index (κ3) is 8.50. The van der Waals surface area contributed by atoms with Crippen molar-refractivity contribution in [2.24, 2.45) is 5.92 Å². The molecule has 0 rings (SSSR count). The fourth-order valence-corrected chi connectivity index (χ4v) is 1.45. The second-order valence-electron chi connectivity index (χ2n) is 4.68. The Morgan fingerprint density at radius 1 is 1.26 bits per heavy atom. The summed E-state index contributed by atoms with van der Waals surface area (Å²) in [5, 5.41) is 9.78. The van der Waals surface area contributed by atoms with Crippen molar-refractivity contribution in [1.29, 1.82) is 0 Å². The van der Waals surface area contributed by atoms with Crippen molar-refractivity contribution in [2.45, 2.75) is 65.1 Å². The van der Waals surface area contributed by atoms with Gasteiger partial charge in [-0.25, -0.2) is 4.79 Å². The Bertz CT molecular complexity index is 303. The Morgan fingerprint density at radius 2 is 1.95 bits per heavy atom. The number of carbonyl (C=O) groups excluding carboxylic acids is 1. The molecule has 1 N–H and O–H groups in total. The van der Waals surface area contributed by atoms with Crippen LogP contribution in [0.1, 0.15) is 52.9 Å². The van der Waals surface area contributed by atoms with Gasteiger partial charge in [0.05, 0.1) is 7.11 Å². The standard InChI is InChI=1S/C15H26O4/c1-5-7-8-9-13(19-15(17)18-4)10-11-14(16)12(3)6-2/h12-14,16H,5-9H2,1-4H3/t12?,13-,14?/m0/s1.